The molecular formula is C22H23N3O3. The van der Waals surface area contributed by atoms with Gasteiger partial charge < -0.3 is 15.6 Å². The highest BCUT2D eigenvalue weighted by Crippen LogP contribution is 2.18. The SMILES string of the molecule is CC(=O)Nc1cccc(NC(=O)CCc2cc3cc(C)c(C)cc3[nH]c2=O)c1. The predicted molar refractivity (Wildman–Crippen MR) is 112 cm³/mol. The van der Waals surface area contributed by atoms with Crippen LogP contribution in [-0.2, 0) is 16.0 Å². The topological polar surface area (TPSA) is 91.1 Å². The molecule has 2 aromatic carbocycles. The monoisotopic (exact) mass is 377 g/mol. The molecule has 0 fully saturated rings. The van der Waals surface area contributed by atoms with E-state index < -0.39 is 0 Å². The highest BCUT2D eigenvalue weighted by Gasteiger charge is 2.09. The lowest BCUT2D eigenvalue weighted by atomic mass is 10.0. The average molecular weight is 377 g/mol. The molecule has 0 aliphatic carbocycles. The van der Waals surface area contributed by atoms with Gasteiger partial charge in [-0.15, -0.1) is 0 Å². The van der Waals surface area contributed by atoms with Gasteiger partial charge >= 0.3 is 0 Å². The van der Waals surface area contributed by atoms with E-state index in [1.54, 1.807) is 24.3 Å². The van der Waals surface area contributed by atoms with Gasteiger partial charge in [0.25, 0.3) is 5.56 Å². The number of amides is 2. The number of aromatic amines is 1. The van der Waals surface area contributed by atoms with E-state index in [9.17, 15) is 14.4 Å². The second-order valence-electron chi connectivity index (χ2n) is 6.96. The molecule has 3 aromatic rings. The van der Waals surface area contributed by atoms with Crippen molar-refractivity contribution in [3.05, 3.63) is 69.5 Å². The number of aryl methyl sites for hydroxylation is 3. The van der Waals surface area contributed by atoms with E-state index in [2.05, 4.69) is 15.6 Å². The molecule has 0 radical (unpaired) electrons. The van der Waals surface area contributed by atoms with Crippen LogP contribution in [0.2, 0.25) is 0 Å². The minimum atomic E-state index is -0.195. The van der Waals surface area contributed by atoms with Crippen LogP contribution in [0.4, 0.5) is 11.4 Å². The molecule has 144 valence electrons. The van der Waals surface area contributed by atoms with Gasteiger partial charge in [0, 0.05) is 35.8 Å². The third kappa shape index (κ3) is 4.65. The van der Waals surface area contributed by atoms with Gasteiger partial charge in [-0.2, -0.15) is 0 Å². The quantitative estimate of drug-likeness (QED) is 0.633. The Morgan fingerprint density at radius 3 is 2.36 bits per heavy atom. The Labute approximate surface area is 163 Å². The van der Waals surface area contributed by atoms with Crippen LogP contribution in [0.15, 0.2) is 47.3 Å². The fourth-order valence-electron chi connectivity index (χ4n) is 3.06. The highest BCUT2D eigenvalue weighted by atomic mass is 16.2. The first-order valence-electron chi connectivity index (χ1n) is 9.12. The predicted octanol–water partition coefficient (Wildman–Crippen LogP) is 3.67. The molecule has 1 heterocycles. The molecule has 28 heavy (non-hydrogen) atoms. The van der Waals surface area contributed by atoms with Crippen molar-refractivity contribution in [1.29, 1.82) is 0 Å². The first-order valence-corrected chi connectivity index (χ1v) is 9.12. The zero-order chi connectivity index (χ0) is 20.3. The Morgan fingerprint density at radius 1 is 0.964 bits per heavy atom. The molecule has 0 saturated carbocycles. The zero-order valence-corrected chi connectivity index (χ0v) is 16.2. The Bertz CT molecular complexity index is 1120. The third-order valence-electron chi connectivity index (χ3n) is 4.62. The van der Waals surface area contributed by atoms with Crippen LogP contribution in [0.3, 0.4) is 0 Å². The molecule has 0 spiro atoms. The number of carbonyl (C=O) groups is 2. The second-order valence-corrected chi connectivity index (χ2v) is 6.96. The van der Waals surface area contributed by atoms with Gasteiger partial charge in [-0.1, -0.05) is 6.07 Å². The molecule has 2 amide bonds. The maximum atomic E-state index is 12.3. The number of benzene rings is 2. The first-order chi connectivity index (χ1) is 13.3. The van der Waals surface area contributed by atoms with Gasteiger partial charge in [0.2, 0.25) is 11.8 Å². The van der Waals surface area contributed by atoms with Crippen molar-refractivity contribution in [1.82, 2.24) is 4.98 Å². The number of fused-ring (bicyclic) bond motifs is 1. The summed E-state index contributed by atoms with van der Waals surface area (Å²) in [5.74, 6) is -0.371. The van der Waals surface area contributed by atoms with E-state index in [0.717, 1.165) is 22.0 Å². The van der Waals surface area contributed by atoms with E-state index in [-0.39, 0.29) is 23.8 Å². The van der Waals surface area contributed by atoms with Gasteiger partial charge in [-0.25, -0.2) is 0 Å². The Morgan fingerprint density at radius 2 is 1.64 bits per heavy atom. The Balaban J connectivity index is 1.69. The normalized spacial score (nSPS) is 10.7. The van der Waals surface area contributed by atoms with E-state index in [4.69, 9.17) is 0 Å². The third-order valence-corrected chi connectivity index (χ3v) is 4.62. The molecule has 6 nitrogen and oxygen atoms in total. The molecule has 0 aliphatic heterocycles. The number of anilines is 2. The minimum Gasteiger partial charge on any atom is -0.326 e. The summed E-state index contributed by atoms with van der Waals surface area (Å²) in [6.45, 7) is 5.46. The Hall–Kier alpha value is -3.41. The van der Waals surface area contributed by atoms with E-state index in [1.807, 2.05) is 32.0 Å². The largest absolute Gasteiger partial charge is 0.326 e. The minimum absolute atomic E-state index is 0.170. The van der Waals surface area contributed by atoms with Gasteiger partial charge in [-0.3, -0.25) is 14.4 Å². The van der Waals surface area contributed by atoms with Gasteiger partial charge in [0.15, 0.2) is 0 Å². The molecule has 0 unspecified atom stereocenters. The summed E-state index contributed by atoms with van der Waals surface area (Å²) >= 11 is 0. The standard InChI is InChI=1S/C22H23N3O3/c1-13-9-17-11-16(22(28)25-20(17)10-14(13)2)7-8-21(27)24-19-6-4-5-18(12-19)23-15(3)26/h4-6,9-12H,7-8H2,1-3H3,(H,23,26)(H,24,27)(H,25,28). The number of aromatic nitrogens is 1. The number of carbonyl (C=O) groups excluding carboxylic acids is 2. The van der Waals surface area contributed by atoms with Crippen LogP contribution in [0.1, 0.15) is 30.0 Å². The summed E-state index contributed by atoms with van der Waals surface area (Å²) in [7, 11) is 0. The molecule has 0 aliphatic rings. The lowest BCUT2D eigenvalue weighted by molar-refractivity contribution is -0.116. The van der Waals surface area contributed by atoms with E-state index >= 15 is 0 Å². The zero-order valence-electron chi connectivity index (χ0n) is 16.2. The molecule has 3 rings (SSSR count). The lowest BCUT2D eigenvalue weighted by Gasteiger charge is -2.09. The van der Waals surface area contributed by atoms with Crippen LogP contribution in [0, 0.1) is 13.8 Å². The maximum Gasteiger partial charge on any atom is 0.251 e. The number of rotatable bonds is 5. The summed E-state index contributed by atoms with van der Waals surface area (Å²) < 4.78 is 0. The van der Waals surface area contributed by atoms with Crippen molar-refractivity contribution in [2.45, 2.75) is 33.6 Å². The number of hydrogen-bond donors (Lipinski definition) is 3. The summed E-state index contributed by atoms with van der Waals surface area (Å²) in [5.41, 5.74) is 4.70. The van der Waals surface area contributed by atoms with E-state index in [1.165, 1.54) is 6.92 Å². The van der Waals surface area contributed by atoms with Crippen LogP contribution in [0.25, 0.3) is 10.9 Å². The maximum absolute atomic E-state index is 12.3. The van der Waals surface area contributed by atoms with Crippen molar-refractivity contribution in [3.63, 3.8) is 0 Å². The Kier molecular flexibility index (Phi) is 5.59. The molecule has 3 N–H and O–H groups in total. The van der Waals surface area contributed by atoms with Crippen molar-refractivity contribution in [2.75, 3.05) is 10.6 Å². The van der Waals surface area contributed by atoms with Crippen LogP contribution in [0.5, 0.6) is 0 Å². The first kappa shape index (κ1) is 19.4. The number of nitrogens with one attached hydrogen (secondary N) is 3. The van der Waals surface area contributed by atoms with Crippen LogP contribution >= 0.6 is 0 Å². The number of pyridine rings is 1. The van der Waals surface area contributed by atoms with Crippen LogP contribution < -0.4 is 16.2 Å². The van der Waals surface area contributed by atoms with Crippen molar-refractivity contribution in [2.24, 2.45) is 0 Å². The summed E-state index contributed by atoms with van der Waals surface area (Å²) in [6, 6.07) is 12.8. The van der Waals surface area contributed by atoms with Crippen molar-refractivity contribution in [3.8, 4) is 0 Å². The smallest absolute Gasteiger partial charge is 0.251 e. The molecule has 1 aromatic heterocycles. The van der Waals surface area contributed by atoms with Gasteiger partial charge in [0.1, 0.15) is 0 Å². The summed E-state index contributed by atoms with van der Waals surface area (Å²) in [4.78, 5) is 38.6. The fraction of sp³-hybridized carbons (Fsp3) is 0.227. The second kappa shape index (κ2) is 8.08. The van der Waals surface area contributed by atoms with Gasteiger partial charge in [-0.05, 0) is 73.2 Å². The molecule has 0 atom stereocenters. The average Bonchev–Trinajstić information content (AvgIpc) is 2.61. The molecule has 0 saturated heterocycles. The lowest BCUT2D eigenvalue weighted by Crippen LogP contribution is -2.17. The fourth-order valence-corrected chi connectivity index (χ4v) is 3.06. The molecular weight excluding hydrogens is 354 g/mol. The highest BCUT2D eigenvalue weighted by molar-refractivity contribution is 5.93. The van der Waals surface area contributed by atoms with E-state index in [0.29, 0.717) is 23.4 Å². The number of hydrogen-bond acceptors (Lipinski definition) is 3. The molecule has 6 heteroatoms. The van der Waals surface area contributed by atoms with Crippen LogP contribution in [-0.4, -0.2) is 16.8 Å². The van der Waals surface area contributed by atoms with Gasteiger partial charge in [0.05, 0.1) is 0 Å². The van der Waals surface area contributed by atoms with Crippen molar-refractivity contribution >= 4 is 34.1 Å². The summed E-state index contributed by atoms with van der Waals surface area (Å²) in [6.07, 6.45) is 0.527. The molecule has 0 bridgehead atoms. The van der Waals surface area contributed by atoms with Crippen molar-refractivity contribution < 1.29 is 9.59 Å². The number of H-pyrrole nitrogens is 1. The summed E-state index contributed by atoms with van der Waals surface area (Å²) in [5, 5.41) is 6.43.